The van der Waals surface area contributed by atoms with Gasteiger partial charge in [0.15, 0.2) is 0 Å². The van der Waals surface area contributed by atoms with Crippen molar-refractivity contribution in [1.82, 2.24) is 15.0 Å². The average molecular weight is 236 g/mol. The van der Waals surface area contributed by atoms with Gasteiger partial charge in [0.2, 0.25) is 5.95 Å². The summed E-state index contributed by atoms with van der Waals surface area (Å²) in [5.74, 6) is 0.445. The summed E-state index contributed by atoms with van der Waals surface area (Å²) >= 11 is 0. The van der Waals surface area contributed by atoms with E-state index in [4.69, 9.17) is 4.74 Å². The van der Waals surface area contributed by atoms with Gasteiger partial charge in [0.25, 0.3) is 0 Å². The van der Waals surface area contributed by atoms with Gasteiger partial charge < -0.3 is 9.64 Å². The van der Waals surface area contributed by atoms with Crippen molar-refractivity contribution in [2.75, 3.05) is 24.6 Å². The van der Waals surface area contributed by atoms with Gasteiger partial charge in [-0.1, -0.05) is 0 Å². The molecule has 6 nitrogen and oxygen atoms in total. The summed E-state index contributed by atoms with van der Waals surface area (Å²) in [7, 11) is 0. The normalized spacial score (nSPS) is 20.1. The van der Waals surface area contributed by atoms with Crippen molar-refractivity contribution < 1.29 is 9.53 Å². The minimum atomic E-state index is -0.119. The van der Waals surface area contributed by atoms with Crippen molar-refractivity contribution in [2.45, 2.75) is 19.8 Å². The molecule has 0 aromatic carbocycles. The average Bonchev–Trinajstić information content (AvgIpc) is 2.40. The maximum Gasteiger partial charge on any atom is 0.310 e. The van der Waals surface area contributed by atoms with E-state index in [-0.39, 0.29) is 11.9 Å². The van der Waals surface area contributed by atoms with Crippen LogP contribution >= 0.6 is 0 Å². The Balaban J connectivity index is 2.00. The number of anilines is 1. The van der Waals surface area contributed by atoms with Crippen LogP contribution in [0.15, 0.2) is 12.7 Å². The summed E-state index contributed by atoms with van der Waals surface area (Å²) in [6, 6.07) is 0. The van der Waals surface area contributed by atoms with E-state index in [1.54, 1.807) is 0 Å². The molecule has 0 aliphatic carbocycles. The second-order valence-electron chi connectivity index (χ2n) is 3.98. The second-order valence-corrected chi connectivity index (χ2v) is 3.98. The maximum absolute atomic E-state index is 11.7. The lowest BCUT2D eigenvalue weighted by Crippen LogP contribution is -2.40. The third kappa shape index (κ3) is 2.89. The van der Waals surface area contributed by atoms with Gasteiger partial charge in [-0.15, -0.1) is 0 Å². The molecule has 6 heteroatoms. The number of hydrogen-bond donors (Lipinski definition) is 0. The number of aromatic nitrogens is 3. The highest BCUT2D eigenvalue weighted by Gasteiger charge is 2.27. The van der Waals surface area contributed by atoms with E-state index in [1.165, 1.54) is 12.7 Å². The van der Waals surface area contributed by atoms with Gasteiger partial charge >= 0.3 is 5.97 Å². The van der Waals surface area contributed by atoms with Gasteiger partial charge in [-0.25, -0.2) is 15.0 Å². The highest BCUT2D eigenvalue weighted by molar-refractivity contribution is 5.73. The number of rotatable bonds is 3. The molecule has 0 amide bonds. The molecule has 92 valence electrons. The molecule has 1 saturated heterocycles. The van der Waals surface area contributed by atoms with Crippen molar-refractivity contribution in [3.63, 3.8) is 0 Å². The molecular formula is C11H16N4O2. The quantitative estimate of drug-likeness (QED) is 0.718. The van der Waals surface area contributed by atoms with Crippen molar-refractivity contribution in [1.29, 1.82) is 0 Å². The minimum Gasteiger partial charge on any atom is -0.466 e. The van der Waals surface area contributed by atoms with Gasteiger partial charge in [-0.3, -0.25) is 4.79 Å². The predicted molar refractivity (Wildman–Crippen MR) is 61.4 cm³/mol. The second kappa shape index (κ2) is 5.56. The third-order valence-electron chi connectivity index (χ3n) is 2.80. The maximum atomic E-state index is 11.7. The van der Waals surface area contributed by atoms with E-state index in [9.17, 15) is 4.79 Å². The fraction of sp³-hybridized carbons (Fsp3) is 0.636. The molecule has 0 bridgehead atoms. The van der Waals surface area contributed by atoms with E-state index in [0.29, 0.717) is 19.1 Å². The van der Waals surface area contributed by atoms with Crippen LogP contribution in [0.4, 0.5) is 5.95 Å². The standard InChI is InChI=1S/C11H16N4O2/c1-2-17-10(16)9-4-3-5-15(6-9)11-13-7-12-8-14-11/h7-9H,2-6H2,1H3/t9-/m0/s1. The molecule has 1 aromatic rings. The van der Waals surface area contributed by atoms with Crippen LogP contribution in [0.25, 0.3) is 0 Å². The van der Waals surface area contributed by atoms with Crippen LogP contribution in [-0.2, 0) is 9.53 Å². The number of ether oxygens (including phenoxy) is 1. The molecular weight excluding hydrogens is 220 g/mol. The Hall–Kier alpha value is -1.72. The summed E-state index contributed by atoms with van der Waals surface area (Å²) in [4.78, 5) is 25.7. The predicted octanol–water partition coefficient (Wildman–Crippen LogP) is 0.651. The molecule has 0 saturated carbocycles. The lowest BCUT2D eigenvalue weighted by Gasteiger charge is -2.31. The number of hydrogen-bond acceptors (Lipinski definition) is 6. The molecule has 1 fully saturated rings. The molecule has 0 unspecified atom stereocenters. The van der Waals surface area contributed by atoms with Crippen LogP contribution in [0.5, 0.6) is 0 Å². The van der Waals surface area contributed by atoms with E-state index in [1.807, 2.05) is 11.8 Å². The largest absolute Gasteiger partial charge is 0.466 e. The lowest BCUT2D eigenvalue weighted by molar-refractivity contribution is -0.148. The van der Waals surface area contributed by atoms with Gasteiger partial charge in [-0.2, -0.15) is 0 Å². The van der Waals surface area contributed by atoms with E-state index >= 15 is 0 Å². The van der Waals surface area contributed by atoms with Crippen molar-refractivity contribution in [2.24, 2.45) is 5.92 Å². The van der Waals surface area contributed by atoms with Crippen LogP contribution in [-0.4, -0.2) is 40.6 Å². The molecule has 2 heterocycles. The SMILES string of the molecule is CCOC(=O)[C@H]1CCCN(c2ncncn2)C1. The van der Waals surface area contributed by atoms with Gasteiger partial charge in [0.05, 0.1) is 12.5 Å². The number of esters is 1. The van der Waals surface area contributed by atoms with Crippen molar-refractivity contribution >= 4 is 11.9 Å². The molecule has 1 aliphatic rings. The van der Waals surface area contributed by atoms with Gasteiger partial charge in [0, 0.05) is 13.1 Å². The third-order valence-corrected chi connectivity index (χ3v) is 2.80. The first kappa shape index (κ1) is 11.8. The smallest absolute Gasteiger partial charge is 0.310 e. The van der Waals surface area contributed by atoms with E-state index in [2.05, 4.69) is 15.0 Å². The zero-order valence-electron chi connectivity index (χ0n) is 9.87. The first-order valence-corrected chi connectivity index (χ1v) is 5.85. The molecule has 17 heavy (non-hydrogen) atoms. The summed E-state index contributed by atoms with van der Waals surface area (Å²) in [6.07, 6.45) is 4.77. The highest BCUT2D eigenvalue weighted by atomic mass is 16.5. The highest BCUT2D eigenvalue weighted by Crippen LogP contribution is 2.20. The van der Waals surface area contributed by atoms with Crippen LogP contribution < -0.4 is 4.90 Å². The number of nitrogens with zero attached hydrogens (tertiary/aromatic N) is 4. The van der Waals surface area contributed by atoms with E-state index < -0.39 is 0 Å². The first-order chi connectivity index (χ1) is 8.31. The van der Waals surface area contributed by atoms with Crippen LogP contribution in [0.2, 0.25) is 0 Å². The summed E-state index contributed by atoms with van der Waals surface area (Å²) in [6.45, 7) is 3.76. The Labute approximate surface area is 100 Å². The molecule has 0 radical (unpaired) electrons. The Morgan fingerprint density at radius 3 is 3.00 bits per heavy atom. The fourth-order valence-corrected chi connectivity index (χ4v) is 2.01. The molecule has 0 spiro atoms. The number of piperidine rings is 1. The van der Waals surface area contributed by atoms with Gasteiger partial charge in [-0.05, 0) is 19.8 Å². The Kier molecular flexibility index (Phi) is 3.85. The van der Waals surface area contributed by atoms with Crippen LogP contribution in [0.3, 0.4) is 0 Å². The number of carbonyl (C=O) groups is 1. The molecule has 1 aliphatic heterocycles. The molecule has 2 rings (SSSR count). The van der Waals surface area contributed by atoms with Crippen molar-refractivity contribution in [3.05, 3.63) is 12.7 Å². The van der Waals surface area contributed by atoms with Crippen molar-refractivity contribution in [3.8, 4) is 0 Å². The zero-order valence-corrected chi connectivity index (χ0v) is 9.87. The van der Waals surface area contributed by atoms with Gasteiger partial charge in [0.1, 0.15) is 12.7 Å². The zero-order chi connectivity index (χ0) is 12.1. The first-order valence-electron chi connectivity index (χ1n) is 5.85. The van der Waals surface area contributed by atoms with E-state index in [0.717, 1.165) is 19.4 Å². The summed E-state index contributed by atoms with van der Waals surface area (Å²) in [5.41, 5.74) is 0. The number of carbonyl (C=O) groups excluding carboxylic acids is 1. The molecule has 1 aromatic heterocycles. The fourth-order valence-electron chi connectivity index (χ4n) is 2.01. The summed E-state index contributed by atoms with van der Waals surface area (Å²) < 4.78 is 5.05. The lowest BCUT2D eigenvalue weighted by atomic mass is 9.98. The minimum absolute atomic E-state index is 0.0690. The Morgan fingerprint density at radius 1 is 1.53 bits per heavy atom. The molecule has 1 atom stereocenters. The Morgan fingerprint density at radius 2 is 2.29 bits per heavy atom. The van der Waals surface area contributed by atoms with Crippen LogP contribution in [0.1, 0.15) is 19.8 Å². The monoisotopic (exact) mass is 236 g/mol. The van der Waals surface area contributed by atoms with Crippen LogP contribution in [0, 0.1) is 5.92 Å². The topological polar surface area (TPSA) is 68.2 Å². The molecule has 0 N–H and O–H groups in total. The Bertz CT molecular complexity index is 371. The summed E-state index contributed by atoms with van der Waals surface area (Å²) in [5, 5.41) is 0.